The second-order valence-corrected chi connectivity index (χ2v) is 6.02. The van der Waals surface area contributed by atoms with Gasteiger partial charge in [0.25, 0.3) is 0 Å². The lowest BCUT2D eigenvalue weighted by molar-refractivity contribution is -2.00. The number of rotatable bonds is 2. The van der Waals surface area contributed by atoms with Crippen molar-refractivity contribution in [2.75, 3.05) is 0 Å². The number of para-hydroxylation sites is 1. The lowest BCUT2D eigenvalue weighted by atomic mass is 9.91. The molecule has 24 heavy (non-hydrogen) atoms. The highest BCUT2D eigenvalue weighted by atomic mass is 35.7. The van der Waals surface area contributed by atoms with Gasteiger partial charge in [-0.05, 0) is 43.4 Å². The number of hydrogen-bond acceptors (Lipinski definition) is 5. The second kappa shape index (κ2) is 8.23. The Balaban J connectivity index is 0.000000368. The molecule has 0 saturated carbocycles. The van der Waals surface area contributed by atoms with Crippen molar-refractivity contribution in [1.82, 2.24) is 0 Å². The predicted molar refractivity (Wildman–Crippen MR) is 76.8 cm³/mol. The van der Waals surface area contributed by atoms with Gasteiger partial charge in [-0.25, -0.2) is 23.1 Å². The molecule has 1 aromatic carbocycles. The molecule has 0 bridgehead atoms. The van der Waals surface area contributed by atoms with Gasteiger partial charge < -0.3 is 5.11 Å². The van der Waals surface area contributed by atoms with Crippen LogP contribution in [0.3, 0.4) is 0 Å². The Hall–Kier alpha value is -1.96. The maximum Gasteiger partial charge on any atom is 0.356 e. The highest BCUT2D eigenvalue weighted by Gasteiger charge is 2.19. The highest BCUT2D eigenvalue weighted by Crippen LogP contribution is 2.26. The van der Waals surface area contributed by atoms with E-state index < -0.39 is 10.2 Å². The number of benzene rings is 1. The predicted octanol–water partition coefficient (Wildman–Crippen LogP) is -0.440. The summed E-state index contributed by atoms with van der Waals surface area (Å²) in [5.74, 6) is 1.21. The maximum atomic E-state index is 9.75. The zero-order chi connectivity index (χ0) is 17.6. The minimum atomic E-state index is -4.94. The molecule has 0 spiro atoms. The van der Waals surface area contributed by atoms with Crippen LogP contribution in [0.4, 0.5) is 0 Å². The van der Waals surface area contributed by atoms with Gasteiger partial charge in [-0.15, -0.1) is 10.2 Å². The number of aryl methyl sites for hydroxylation is 1. The fourth-order valence-electron chi connectivity index (χ4n) is 2.59. The fourth-order valence-corrected chi connectivity index (χ4v) is 2.59. The molecule has 128 valence electrons. The van der Waals surface area contributed by atoms with Crippen LogP contribution in [0.2, 0.25) is 0 Å². The van der Waals surface area contributed by atoms with Crippen LogP contribution in [-0.2, 0) is 12.8 Å². The SMILES string of the molecule is Oc1ccccc1C=Cc1[o+]ccc2c1CCCC2.[O-][Cl+3]([O-])([O-])[O-]. The summed E-state index contributed by atoms with van der Waals surface area (Å²) < 4.78 is 39.6. The summed E-state index contributed by atoms with van der Waals surface area (Å²) >= 11 is 0. The lowest BCUT2D eigenvalue weighted by Crippen LogP contribution is -2.68. The van der Waals surface area contributed by atoms with E-state index in [1.54, 1.807) is 12.3 Å². The van der Waals surface area contributed by atoms with E-state index >= 15 is 0 Å². The number of hydrogen-bond donors (Lipinski definition) is 1. The Morgan fingerprint density at radius 3 is 2.33 bits per heavy atom. The topological polar surface area (TPSA) is 124 Å². The van der Waals surface area contributed by atoms with Gasteiger partial charge in [-0.3, -0.25) is 0 Å². The molecule has 0 unspecified atom stereocenters. The van der Waals surface area contributed by atoms with Crippen LogP contribution >= 0.6 is 0 Å². The Morgan fingerprint density at radius 1 is 0.958 bits per heavy atom. The van der Waals surface area contributed by atoms with Gasteiger partial charge in [0.2, 0.25) is 0 Å². The summed E-state index contributed by atoms with van der Waals surface area (Å²) in [7, 11) is -4.94. The van der Waals surface area contributed by atoms with E-state index in [0.29, 0.717) is 5.75 Å². The quantitative estimate of drug-likeness (QED) is 0.731. The van der Waals surface area contributed by atoms with Crippen molar-refractivity contribution in [2.24, 2.45) is 0 Å². The Kier molecular flexibility index (Phi) is 6.30. The van der Waals surface area contributed by atoms with Crippen LogP contribution in [0.15, 0.2) is 41.0 Å². The number of halogens is 1. The molecule has 1 aromatic heterocycles. The molecule has 0 amide bonds. The third kappa shape index (κ3) is 5.92. The van der Waals surface area contributed by atoms with Crippen molar-refractivity contribution in [2.45, 2.75) is 25.7 Å². The molecule has 3 rings (SSSR count). The minimum absolute atomic E-state index is 0.295. The molecule has 0 saturated heterocycles. The molecule has 1 aliphatic rings. The van der Waals surface area contributed by atoms with Gasteiger partial charge in [-0.2, -0.15) is 0 Å². The van der Waals surface area contributed by atoms with E-state index in [-0.39, 0.29) is 0 Å². The van der Waals surface area contributed by atoms with Crippen LogP contribution in [0.5, 0.6) is 5.75 Å². The molecular formula is C17H17ClO6. The number of fused-ring (bicyclic) bond motifs is 1. The molecule has 2 aromatic rings. The monoisotopic (exact) mass is 352 g/mol. The fraction of sp³-hybridized carbons (Fsp3) is 0.235. The van der Waals surface area contributed by atoms with Crippen LogP contribution in [0.25, 0.3) is 12.2 Å². The summed E-state index contributed by atoms with van der Waals surface area (Å²) in [6.45, 7) is 0. The first kappa shape index (κ1) is 18.4. The smallest absolute Gasteiger partial charge is 0.356 e. The number of aromatic hydroxyl groups is 1. The summed E-state index contributed by atoms with van der Waals surface area (Å²) in [6, 6.07) is 9.39. The van der Waals surface area contributed by atoms with Crippen LogP contribution in [-0.4, -0.2) is 5.11 Å². The van der Waals surface area contributed by atoms with E-state index in [2.05, 4.69) is 6.07 Å². The van der Waals surface area contributed by atoms with Crippen molar-refractivity contribution in [3.63, 3.8) is 0 Å². The van der Waals surface area contributed by atoms with Gasteiger partial charge in [0.05, 0.1) is 5.56 Å². The van der Waals surface area contributed by atoms with Gasteiger partial charge >= 0.3 is 12.0 Å². The molecule has 1 heterocycles. The first-order valence-corrected chi connectivity index (χ1v) is 8.58. The van der Waals surface area contributed by atoms with E-state index in [0.717, 1.165) is 24.2 Å². The van der Waals surface area contributed by atoms with Crippen LogP contribution in [0, 0.1) is 10.2 Å². The van der Waals surface area contributed by atoms with Crippen molar-refractivity contribution in [3.8, 4) is 5.75 Å². The first-order valence-electron chi connectivity index (χ1n) is 7.35. The maximum absolute atomic E-state index is 9.75. The molecule has 0 aliphatic heterocycles. The number of phenols is 1. The van der Waals surface area contributed by atoms with Crippen LogP contribution in [0.1, 0.15) is 35.3 Å². The van der Waals surface area contributed by atoms with Gasteiger partial charge in [0, 0.05) is 17.7 Å². The normalized spacial score (nSPS) is 14.0. The largest absolute Gasteiger partial charge is 0.507 e. The zero-order valence-corrected chi connectivity index (χ0v) is 13.6. The third-order valence-corrected chi connectivity index (χ3v) is 3.62. The van der Waals surface area contributed by atoms with Crippen molar-refractivity contribution in [3.05, 3.63) is 59.0 Å². The van der Waals surface area contributed by atoms with E-state index in [1.807, 2.05) is 30.4 Å². The Morgan fingerprint density at radius 2 is 1.62 bits per heavy atom. The third-order valence-electron chi connectivity index (χ3n) is 3.62. The Labute approximate surface area is 141 Å². The average molecular weight is 353 g/mol. The molecule has 6 nitrogen and oxygen atoms in total. The van der Waals surface area contributed by atoms with Gasteiger partial charge in [0.15, 0.2) is 0 Å². The molecule has 1 aliphatic carbocycles. The summed E-state index contributed by atoms with van der Waals surface area (Å²) in [4.78, 5) is 0. The minimum Gasteiger partial charge on any atom is -0.507 e. The van der Waals surface area contributed by atoms with Crippen molar-refractivity contribution in [1.29, 1.82) is 0 Å². The zero-order valence-electron chi connectivity index (χ0n) is 12.8. The van der Waals surface area contributed by atoms with Gasteiger partial charge in [0.1, 0.15) is 5.75 Å². The van der Waals surface area contributed by atoms with Crippen molar-refractivity contribution >= 4 is 12.2 Å². The average Bonchev–Trinajstić information content (AvgIpc) is 2.52. The molecule has 1 N–H and O–H groups in total. The standard InChI is InChI=1S/C17H16O2.ClHO4/c18-16-8-4-2-6-14(16)9-10-17-15-7-3-1-5-13(15)11-12-19-17;2-1(3,4)5/h2,4,6,8-12H,1,3,5,7H2;(H,2,3,4,5). The molecule has 0 atom stereocenters. The van der Waals surface area contributed by atoms with E-state index in [1.165, 1.54) is 24.0 Å². The van der Waals surface area contributed by atoms with E-state index in [9.17, 15) is 5.11 Å². The van der Waals surface area contributed by atoms with Gasteiger partial charge in [-0.1, -0.05) is 18.2 Å². The highest BCUT2D eigenvalue weighted by molar-refractivity contribution is 5.71. The second-order valence-electron chi connectivity index (χ2n) is 5.27. The molecule has 0 radical (unpaired) electrons. The molecule has 0 fully saturated rings. The summed E-state index contributed by atoms with van der Waals surface area (Å²) in [6.07, 6.45) is 10.3. The molecular weight excluding hydrogens is 336 g/mol. The lowest BCUT2D eigenvalue weighted by Gasteiger charge is -2.17. The summed E-state index contributed by atoms with van der Waals surface area (Å²) in [5.41, 5.74) is 3.53. The summed E-state index contributed by atoms with van der Waals surface area (Å²) in [5, 5.41) is 9.75. The number of phenolic OH excluding ortho intramolecular Hbond substituents is 1. The van der Waals surface area contributed by atoms with E-state index in [4.69, 9.17) is 23.1 Å². The first-order chi connectivity index (χ1) is 11.3. The van der Waals surface area contributed by atoms with Crippen LogP contribution < -0.4 is 18.6 Å². The Bertz CT molecular complexity index is 702. The molecule has 7 heteroatoms. The van der Waals surface area contributed by atoms with Crippen molar-refractivity contribution < 1.29 is 38.4 Å².